The average molecular weight is 513 g/mol. The van der Waals surface area contributed by atoms with Crippen molar-refractivity contribution in [2.24, 2.45) is 0 Å². The molecule has 0 bridgehead atoms. The number of aromatic nitrogens is 4. The topological polar surface area (TPSA) is 114 Å². The van der Waals surface area contributed by atoms with E-state index in [0.29, 0.717) is 24.6 Å². The Morgan fingerprint density at radius 3 is 2.66 bits per heavy atom. The monoisotopic (exact) mass is 512 g/mol. The number of amides is 1. The van der Waals surface area contributed by atoms with Gasteiger partial charge >= 0.3 is 0 Å². The van der Waals surface area contributed by atoms with Gasteiger partial charge in [-0.2, -0.15) is 5.10 Å². The molecule has 3 N–H and O–H groups in total. The summed E-state index contributed by atoms with van der Waals surface area (Å²) < 4.78 is 7.87. The maximum Gasteiger partial charge on any atom is 0.258 e. The number of hydrogen-bond acceptors (Lipinski definition) is 8. The number of anilines is 1. The molecule has 1 saturated heterocycles. The van der Waals surface area contributed by atoms with Gasteiger partial charge < -0.3 is 15.4 Å². The van der Waals surface area contributed by atoms with Crippen LogP contribution in [-0.4, -0.2) is 69.3 Å². The molecule has 38 heavy (non-hydrogen) atoms. The van der Waals surface area contributed by atoms with Crippen LogP contribution < -0.4 is 15.9 Å². The van der Waals surface area contributed by atoms with Crippen molar-refractivity contribution in [3.05, 3.63) is 73.1 Å². The van der Waals surface area contributed by atoms with Gasteiger partial charge in [0, 0.05) is 31.3 Å². The van der Waals surface area contributed by atoms with Crippen LogP contribution in [-0.2, 0) is 4.79 Å². The fourth-order valence-corrected chi connectivity index (χ4v) is 4.58. The number of piperidine rings is 1. The number of ether oxygens (including phenoxy) is 1. The lowest BCUT2D eigenvalue weighted by molar-refractivity contribution is -0.121. The SMILES string of the molecule is CN(C)C/C=C/C(=O)NN1CCC[C@@H](n2nc(-c3ccc(Oc4ccccc4)cc3)c3c(N)ncnc32)C1. The minimum atomic E-state index is -0.136. The Labute approximate surface area is 221 Å². The van der Waals surface area contributed by atoms with Crippen LogP contribution >= 0.6 is 0 Å². The largest absolute Gasteiger partial charge is 0.457 e. The highest BCUT2D eigenvalue weighted by Crippen LogP contribution is 2.34. The Hall–Kier alpha value is -4.28. The van der Waals surface area contributed by atoms with Crippen molar-refractivity contribution in [1.29, 1.82) is 0 Å². The molecule has 4 aromatic rings. The molecule has 196 valence electrons. The van der Waals surface area contributed by atoms with E-state index >= 15 is 0 Å². The standard InChI is InChI=1S/C28H32N8O2/c1-34(2)16-7-11-24(37)32-35-17-6-8-21(18-35)36-28-25(27(29)30-19-31-28)26(33-36)20-12-14-23(15-13-20)38-22-9-4-3-5-10-22/h3-5,7,9-15,19,21H,6,8,16-18H2,1-2H3,(H,32,37)(H2,29,30,31)/b11-7+/t21-/m1/s1. The summed E-state index contributed by atoms with van der Waals surface area (Å²) in [5.74, 6) is 1.75. The van der Waals surface area contributed by atoms with Crippen molar-refractivity contribution < 1.29 is 9.53 Å². The van der Waals surface area contributed by atoms with Crippen molar-refractivity contribution in [3.8, 4) is 22.8 Å². The highest BCUT2D eigenvalue weighted by Gasteiger charge is 2.27. The van der Waals surface area contributed by atoms with Crippen LogP contribution in [0.3, 0.4) is 0 Å². The lowest BCUT2D eigenvalue weighted by Gasteiger charge is -2.32. The number of para-hydroxylation sites is 1. The molecular formula is C28H32N8O2. The Morgan fingerprint density at radius 1 is 1.13 bits per heavy atom. The summed E-state index contributed by atoms with van der Waals surface area (Å²) in [6.07, 6.45) is 6.71. The third-order valence-electron chi connectivity index (χ3n) is 6.38. The van der Waals surface area contributed by atoms with E-state index < -0.39 is 0 Å². The molecule has 0 radical (unpaired) electrons. The normalized spacial score (nSPS) is 16.3. The van der Waals surface area contributed by atoms with Crippen LogP contribution in [0, 0.1) is 0 Å². The Kier molecular flexibility index (Phi) is 7.62. The van der Waals surface area contributed by atoms with Gasteiger partial charge in [0.1, 0.15) is 29.3 Å². The minimum Gasteiger partial charge on any atom is -0.457 e. The molecule has 3 heterocycles. The van der Waals surface area contributed by atoms with Crippen LogP contribution in [0.2, 0.25) is 0 Å². The second-order valence-corrected chi connectivity index (χ2v) is 9.57. The van der Waals surface area contributed by atoms with E-state index in [1.54, 1.807) is 6.08 Å². The number of hydrogen-bond donors (Lipinski definition) is 2. The molecule has 0 spiro atoms. The highest BCUT2D eigenvalue weighted by molar-refractivity contribution is 5.98. The summed E-state index contributed by atoms with van der Waals surface area (Å²) in [4.78, 5) is 23.2. The predicted molar refractivity (Wildman–Crippen MR) is 147 cm³/mol. The molecule has 2 aromatic heterocycles. The van der Waals surface area contributed by atoms with E-state index in [1.807, 2.05) is 89.4 Å². The number of likely N-dealkylation sites (N-methyl/N-ethyl adjacent to an activating group) is 1. The molecule has 5 rings (SSSR count). The summed E-state index contributed by atoms with van der Waals surface area (Å²) in [6.45, 7) is 2.09. The first-order valence-electron chi connectivity index (χ1n) is 12.7. The molecule has 1 fully saturated rings. The Bertz CT molecular complexity index is 1420. The van der Waals surface area contributed by atoms with Crippen molar-refractivity contribution in [1.82, 2.24) is 35.1 Å². The van der Waals surface area contributed by atoms with Gasteiger partial charge in [-0.1, -0.05) is 24.3 Å². The van der Waals surface area contributed by atoms with Gasteiger partial charge in [0.2, 0.25) is 0 Å². The predicted octanol–water partition coefficient (Wildman–Crippen LogP) is 3.65. The molecular weight excluding hydrogens is 480 g/mol. The fourth-order valence-electron chi connectivity index (χ4n) is 4.58. The molecule has 2 aromatic carbocycles. The second kappa shape index (κ2) is 11.4. The van der Waals surface area contributed by atoms with Gasteiger partial charge in [0.25, 0.3) is 5.91 Å². The number of nitrogens with zero attached hydrogens (tertiary/aromatic N) is 6. The second-order valence-electron chi connectivity index (χ2n) is 9.57. The number of nitrogen functional groups attached to an aromatic ring is 1. The van der Waals surface area contributed by atoms with Crippen molar-refractivity contribution in [3.63, 3.8) is 0 Å². The van der Waals surface area contributed by atoms with E-state index in [4.69, 9.17) is 15.6 Å². The first-order valence-corrected chi connectivity index (χ1v) is 12.7. The van der Waals surface area contributed by atoms with Gasteiger partial charge in [-0.15, -0.1) is 0 Å². The lowest BCUT2D eigenvalue weighted by atomic mass is 10.1. The number of carbonyl (C=O) groups excluding carboxylic acids is 1. The first kappa shape index (κ1) is 25.4. The summed E-state index contributed by atoms with van der Waals surface area (Å²) in [5.41, 5.74) is 11.6. The van der Waals surface area contributed by atoms with E-state index in [9.17, 15) is 4.79 Å². The molecule has 10 nitrogen and oxygen atoms in total. The van der Waals surface area contributed by atoms with Crippen LogP contribution in [0.15, 0.2) is 73.1 Å². The third-order valence-corrected chi connectivity index (χ3v) is 6.38. The summed E-state index contributed by atoms with van der Waals surface area (Å²) in [6, 6.07) is 17.4. The van der Waals surface area contributed by atoms with Crippen molar-refractivity contribution in [2.45, 2.75) is 18.9 Å². The van der Waals surface area contributed by atoms with Gasteiger partial charge in [-0.3, -0.25) is 10.2 Å². The van der Waals surface area contributed by atoms with Crippen LogP contribution in [0.1, 0.15) is 18.9 Å². The quantitative estimate of drug-likeness (QED) is 0.344. The van der Waals surface area contributed by atoms with E-state index in [2.05, 4.69) is 15.4 Å². The minimum absolute atomic E-state index is 0.0149. The first-order chi connectivity index (χ1) is 18.5. The fraction of sp³-hybridized carbons (Fsp3) is 0.286. The van der Waals surface area contributed by atoms with Gasteiger partial charge in [0.05, 0.1) is 11.4 Å². The number of rotatable bonds is 8. The zero-order valence-electron chi connectivity index (χ0n) is 21.6. The Balaban J connectivity index is 1.38. The molecule has 1 amide bonds. The van der Waals surface area contributed by atoms with Crippen LogP contribution in [0.4, 0.5) is 5.82 Å². The maximum absolute atomic E-state index is 12.4. The number of hydrazine groups is 1. The molecule has 0 aliphatic carbocycles. The number of fused-ring (bicyclic) bond motifs is 1. The third kappa shape index (κ3) is 5.82. The van der Waals surface area contributed by atoms with E-state index in [-0.39, 0.29) is 11.9 Å². The molecule has 1 aliphatic heterocycles. The molecule has 1 atom stereocenters. The average Bonchev–Trinajstić information content (AvgIpc) is 3.31. The number of nitrogens with two attached hydrogens (primary N) is 1. The number of nitrogens with one attached hydrogen (secondary N) is 1. The van der Waals surface area contributed by atoms with Crippen molar-refractivity contribution >= 4 is 22.8 Å². The van der Waals surface area contributed by atoms with E-state index in [0.717, 1.165) is 47.5 Å². The number of carbonyl (C=O) groups is 1. The number of benzene rings is 2. The summed E-state index contributed by atoms with van der Waals surface area (Å²) >= 11 is 0. The van der Waals surface area contributed by atoms with Gasteiger partial charge in [-0.05, 0) is 63.3 Å². The molecule has 1 aliphatic rings. The van der Waals surface area contributed by atoms with Crippen LogP contribution in [0.25, 0.3) is 22.3 Å². The summed E-state index contributed by atoms with van der Waals surface area (Å²) in [7, 11) is 3.92. The summed E-state index contributed by atoms with van der Waals surface area (Å²) in [5, 5.41) is 7.64. The van der Waals surface area contributed by atoms with Gasteiger partial charge in [-0.25, -0.2) is 19.7 Å². The molecule has 0 saturated carbocycles. The Morgan fingerprint density at radius 2 is 1.89 bits per heavy atom. The zero-order valence-corrected chi connectivity index (χ0v) is 21.6. The van der Waals surface area contributed by atoms with E-state index in [1.165, 1.54) is 6.33 Å². The molecule has 0 unspecified atom stereocenters. The molecule has 10 heteroatoms. The van der Waals surface area contributed by atoms with Gasteiger partial charge in [0.15, 0.2) is 5.65 Å². The smallest absolute Gasteiger partial charge is 0.258 e. The maximum atomic E-state index is 12.4. The van der Waals surface area contributed by atoms with Crippen molar-refractivity contribution in [2.75, 3.05) is 39.5 Å². The zero-order chi connectivity index (χ0) is 26.5. The highest BCUT2D eigenvalue weighted by atomic mass is 16.5. The van der Waals surface area contributed by atoms with Crippen LogP contribution in [0.5, 0.6) is 11.5 Å². The lowest BCUT2D eigenvalue weighted by Crippen LogP contribution is -2.47.